The molecular weight excluding hydrogens is 190 g/mol. The van der Waals surface area contributed by atoms with Crippen LogP contribution in [0.4, 0.5) is 5.69 Å². The van der Waals surface area contributed by atoms with Gasteiger partial charge in [-0.3, -0.25) is 0 Å². The van der Waals surface area contributed by atoms with E-state index in [-0.39, 0.29) is 0 Å². The summed E-state index contributed by atoms with van der Waals surface area (Å²) in [5, 5.41) is 0. The molecule has 0 amide bonds. The molecule has 50 valence electrons. The number of halogens is 1. The SMILES string of the molecule is C=C=Nc1ccc(Br)cc1. The van der Waals surface area contributed by atoms with Gasteiger partial charge < -0.3 is 0 Å². The molecule has 0 bridgehead atoms. The molecule has 0 aromatic heterocycles. The average Bonchev–Trinajstić information content (AvgIpc) is 1.95. The van der Waals surface area contributed by atoms with Crippen LogP contribution >= 0.6 is 15.9 Å². The van der Waals surface area contributed by atoms with Gasteiger partial charge in [0.15, 0.2) is 0 Å². The maximum Gasteiger partial charge on any atom is 0.0730 e. The first-order valence-corrected chi connectivity index (χ1v) is 3.60. The Morgan fingerprint density at radius 2 is 1.90 bits per heavy atom. The van der Waals surface area contributed by atoms with Crippen LogP contribution in [0.15, 0.2) is 40.3 Å². The van der Waals surface area contributed by atoms with Gasteiger partial charge in [-0.25, -0.2) is 4.99 Å². The second-order valence-electron chi connectivity index (χ2n) is 1.75. The minimum Gasteiger partial charge on any atom is -0.207 e. The number of aliphatic imine (C=N–C) groups is 1. The minimum atomic E-state index is 0.873. The second kappa shape index (κ2) is 3.35. The quantitative estimate of drug-likeness (QED) is 0.612. The molecule has 0 heterocycles. The zero-order valence-electron chi connectivity index (χ0n) is 5.34. The first-order chi connectivity index (χ1) is 4.83. The fraction of sp³-hybridized carbons (Fsp3) is 0. The van der Waals surface area contributed by atoms with Crippen LogP contribution in [-0.4, -0.2) is 5.87 Å². The summed E-state index contributed by atoms with van der Waals surface area (Å²) < 4.78 is 1.05. The lowest BCUT2D eigenvalue weighted by Gasteiger charge is -1.89. The zero-order valence-corrected chi connectivity index (χ0v) is 6.93. The van der Waals surface area contributed by atoms with Gasteiger partial charge in [0.1, 0.15) is 0 Å². The van der Waals surface area contributed by atoms with Gasteiger partial charge in [0.05, 0.1) is 5.69 Å². The van der Waals surface area contributed by atoms with Crippen molar-refractivity contribution in [2.45, 2.75) is 0 Å². The number of hydrogen-bond acceptors (Lipinski definition) is 1. The van der Waals surface area contributed by atoms with E-state index in [0.29, 0.717) is 0 Å². The van der Waals surface area contributed by atoms with Crippen molar-refractivity contribution in [1.29, 1.82) is 0 Å². The summed E-state index contributed by atoms with van der Waals surface area (Å²) in [5.41, 5.74) is 0.873. The highest BCUT2D eigenvalue weighted by molar-refractivity contribution is 9.10. The number of hydrogen-bond donors (Lipinski definition) is 0. The Hall–Kier alpha value is -0.850. The molecule has 10 heavy (non-hydrogen) atoms. The highest BCUT2D eigenvalue weighted by Gasteiger charge is 1.85. The molecule has 1 aromatic carbocycles. The Labute approximate surface area is 68.2 Å². The van der Waals surface area contributed by atoms with Gasteiger partial charge in [0.2, 0.25) is 0 Å². The minimum absolute atomic E-state index is 0.873. The van der Waals surface area contributed by atoms with Crippen LogP contribution in [-0.2, 0) is 0 Å². The Morgan fingerprint density at radius 3 is 2.40 bits per heavy atom. The lowest BCUT2D eigenvalue weighted by Crippen LogP contribution is -1.62. The molecule has 0 N–H and O–H groups in total. The summed E-state index contributed by atoms with van der Waals surface area (Å²) in [6.45, 7) is 3.38. The summed E-state index contributed by atoms with van der Waals surface area (Å²) in [6, 6.07) is 7.64. The van der Waals surface area contributed by atoms with Crippen LogP contribution in [0.5, 0.6) is 0 Å². The highest BCUT2D eigenvalue weighted by atomic mass is 79.9. The summed E-state index contributed by atoms with van der Waals surface area (Å²) >= 11 is 3.32. The summed E-state index contributed by atoms with van der Waals surface area (Å²) in [5.74, 6) is 2.46. The molecule has 1 nitrogen and oxygen atoms in total. The Balaban J connectivity index is 3.00. The second-order valence-corrected chi connectivity index (χ2v) is 2.66. The number of benzene rings is 1. The lowest BCUT2D eigenvalue weighted by atomic mass is 10.3. The average molecular weight is 196 g/mol. The van der Waals surface area contributed by atoms with Gasteiger partial charge in [0, 0.05) is 4.47 Å². The molecule has 0 aliphatic heterocycles. The Bertz CT molecular complexity index is 257. The van der Waals surface area contributed by atoms with Crippen LogP contribution in [0.1, 0.15) is 0 Å². The van der Waals surface area contributed by atoms with E-state index in [4.69, 9.17) is 0 Å². The van der Waals surface area contributed by atoms with E-state index in [2.05, 4.69) is 33.4 Å². The summed E-state index contributed by atoms with van der Waals surface area (Å²) in [4.78, 5) is 3.87. The molecular formula is C8H6BrN. The van der Waals surface area contributed by atoms with E-state index in [1.807, 2.05) is 24.3 Å². The summed E-state index contributed by atoms with van der Waals surface area (Å²) in [7, 11) is 0. The third-order valence-electron chi connectivity index (χ3n) is 1.03. The predicted molar refractivity (Wildman–Crippen MR) is 46.9 cm³/mol. The largest absolute Gasteiger partial charge is 0.207 e. The number of rotatable bonds is 1. The van der Waals surface area contributed by atoms with Crippen molar-refractivity contribution in [3.8, 4) is 0 Å². The number of nitrogens with zero attached hydrogens (tertiary/aromatic N) is 1. The maximum atomic E-state index is 3.87. The van der Waals surface area contributed by atoms with Crippen molar-refractivity contribution >= 4 is 27.5 Å². The fourth-order valence-corrected chi connectivity index (χ4v) is 0.871. The van der Waals surface area contributed by atoms with Crippen molar-refractivity contribution in [3.05, 3.63) is 35.3 Å². The first-order valence-electron chi connectivity index (χ1n) is 2.81. The van der Waals surface area contributed by atoms with Crippen molar-refractivity contribution in [1.82, 2.24) is 0 Å². The van der Waals surface area contributed by atoms with E-state index < -0.39 is 0 Å². The summed E-state index contributed by atoms with van der Waals surface area (Å²) in [6.07, 6.45) is 0. The molecule has 1 aromatic rings. The van der Waals surface area contributed by atoms with Crippen LogP contribution in [0.3, 0.4) is 0 Å². The molecule has 0 radical (unpaired) electrons. The lowest BCUT2D eigenvalue weighted by molar-refractivity contribution is 1.53. The van der Waals surface area contributed by atoms with E-state index in [1.165, 1.54) is 0 Å². The normalized spacial score (nSPS) is 8.50. The molecule has 2 heteroatoms. The first kappa shape index (κ1) is 7.26. The van der Waals surface area contributed by atoms with E-state index >= 15 is 0 Å². The van der Waals surface area contributed by atoms with Crippen molar-refractivity contribution in [3.63, 3.8) is 0 Å². The van der Waals surface area contributed by atoms with E-state index in [1.54, 1.807) is 0 Å². The van der Waals surface area contributed by atoms with Gasteiger partial charge >= 0.3 is 0 Å². The molecule has 0 fully saturated rings. The van der Waals surface area contributed by atoms with Crippen LogP contribution in [0.25, 0.3) is 0 Å². The monoisotopic (exact) mass is 195 g/mol. The van der Waals surface area contributed by atoms with Crippen LogP contribution < -0.4 is 0 Å². The van der Waals surface area contributed by atoms with Crippen LogP contribution in [0, 0.1) is 0 Å². The molecule has 1 rings (SSSR count). The molecule has 0 aliphatic carbocycles. The van der Waals surface area contributed by atoms with Gasteiger partial charge in [-0.15, -0.1) is 0 Å². The van der Waals surface area contributed by atoms with Gasteiger partial charge in [-0.1, -0.05) is 15.9 Å². The third-order valence-corrected chi connectivity index (χ3v) is 1.56. The van der Waals surface area contributed by atoms with E-state index in [0.717, 1.165) is 10.2 Å². The molecule has 0 spiro atoms. The topological polar surface area (TPSA) is 12.4 Å². The molecule has 0 aliphatic rings. The highest BCUT2D eigenvalue weighted by Crippen LogP contribution is 2.15. The van der Waals surface area contributed by atoms with Gasteiger partial charge in [-0.2, -0.15) is 0 Å². The standard InChI is InChI=1S/C8H6BrN/c1-2-10-8-5-3-7(9)4-6-8/h3-6H,1H2. The van der Waals surface area contributed by atoms with Gasteiger partial charge in [0.25, 0.3) is 0 Å². The third kappa shape index (κ3) is 1.83. The fourth-order valence-electron chi connectivity index (χ4n) is 0.607. The predicted octanol–water partition coefficient (Wildman–Crippen LogP) is 2.94. The zero-order chi connectivity index (χ0) is 7.40. The maximum absolute atomic E-state index is 3.87. The molecule has 0 unspecified atom stereocenters. The molecule has 0 saturated heterocycles. The molecule has 0 atom stereocenters. The van der Waals surface area contributed by atoms with Gasteiger partial charge in [-0.05, 0) is 36.7 Å². The Kier molecular flexibility index (Phi) is 2.43. The Morgan fingerprint density at radius 1 is 1.30 bits per heavy atom. The van der Waals surface area contributed by atoms with Crippen LogP contribution in [0.2, 0.25) is 0 Å². The smallest absolute Gasteiger partial charge is 0.0730 e. The van der Waals surface area contributed by atoms with Crippen molar-refractivity contribution in [2.24, 2.45) is 4.99 Å². The van der Waals surface area contributed by atoms with Crippen molar-refractivity contribution in [2.75, 3.05) is 0 Å². The molecule has 0 saturated carbocycles. The van der Waals surface area contributed by atoms with Crippen molar-refractivity contribution < 1.29 is 0 Å². The van der Waals surface area contributed by atoms with E-state index in [9.17, 15) is 0 Å².